The molecule has 2 N–H and O–H groups in total. The van der Waals surface area contributed by atoms with E-state index in [0.717, 1.165) is 4.47 Å². The van der Waals surface area contributed by atoms with Gasteiger partial charge in [-0.15, -0.1) is 0 Å². The zero-order chi connectivity index (χ0) is 11.0. The van der Waals surface area contributed by atoms with Crippen molar-refractivity contribution in [1.29, 1.82) is 0 Å². The molecular weight excluding hydrogens is 263 g/mol. The molecule has 0 unspecified atom stereocenters. The molecule has 0 radical (unpaired) electrons. The van der Waals surface area contributed by atoms with E-state index >= 15 is 0 Å². The number of nitrogens with zero attached hydrogens (tertiary/aromatic N) is 1. The topological polar surface area (TPSA) is 52.0 Å². The maximum atomic E-state index is 13.9. The van der Waals surface area contributed by atoms with E-state index in [2.05, 4.69) is 21.1 Å². The smallest absolute Gasteiger partial charge is 0.230 e. The van der Waals surface area contributed by atoms with Crippen LogP contribution in [0.5, 0.6) is 0 Å². The van der Waals surface area contributed by atoms with Crippen LogP contribution in [0, 0.1) is 12.7 Å². The van der Waals surface area contributed by atoms with Crippen LogP contribution in [0.1, 0.15) is 5.56 Å². The van der Waals surface area contributed by atoms with Crippen LogP contribution in [-0.4, -0.2) is 5.16 Å². The summed E-state index contributed by atoms with van der Waals surface area (Å²) in [5.41, 5.74) is 6.93. The summed E-state index contributed by atoms with van der Waals surface area (Å²) < 4.78 is 19.3. The van der Waals surface area contributed by atoms with E-state index in [-0.39, 0.29) is 11.7 Å². The van der Waals surface area contributed by atoms with Crippen molar-refractivity contribution in [1.82, 2.24) is 5.16 Å². The molecule has 1 aromatic heterocycles. The van der Waals surface area contributed by atoms with Crippen molar-refractivity contribution in [3.63, 3.8) is 0 Å². The molecular formula is C10H8BrFN2O. The van der Waals surface area contributed by atoms with Gasteiger partial charge in [-0.25, -0.2) is 4.39 Å². The van der Waals surface area contributed by atoms with E-state index in [4.69, 9.17) is 10.3 Å². The third-order valence-electron chi connectivity index (χ3n) is 2.21. The molecule has 5 heteroatoms. The maximum Gasteiger partial charge on any atom is 0.230 e. The van der Waals surface area contributed by atoms with Crippen molar-refractivity contribution in [2.75, 3.05) is 5.73 Å². The lowest BCUT2D eigenvalue weighted by Gasteiger charge is -2.05. The third kappa shape index (κ3) is 1.63. The minimum atomic E-state index is -0.320. The molecule has 0 bridgehead atoms. The molecule has 0 spiro atoms. The minimum absolute atomic E-state index is 0.121. The summed E-state index contributed by atoms with van der Waals surface area (Å²) in [4.78, 5) is 0. The van der Waals surface area contributed by atoms with Crippen molar-refractivity contribution in [3.05, 3.63) is 34.2 Å². The number of anilines is 1. The van der Waals surface area contributed by atoms with Gasteiger partial charge in [0.2, 0.25) is 5.88 Å². The molecule has 2 aromatic rings. The van der Waals surface area contributed by atoms with Crippen molar-refractivity contribution in [2.45, 2.75) is 6.92 Å². The zero-order valence-corrected chi connectivity index (χ0v) is 9.51. The third-order valence-corrected chi connectivity index (χ3v) is 3.07. The van der Waals surface area contributed by atoms with Gasteiger partial charge in [-0.1, -0.05) is 27.2 Å². The number of hydrogen-bond donors (Lipinski definition) is 1. The average molecular weight is 271 g/mol. The molecule has 0 aliphatic rings. The summed E-state index contributed by atoms with van der Waals surface area (Å²) in [5, 5.41) is 3.51. The van der Waals surface area contributed by atoms with E-state index in [0.29, 0.717) is 16.7 Å². The van der Waals surface area contributed by atoms with Crippen molar-refractivity contribution in [3.8, 4) is 11.1 Å². The first-order valence-electron chi connectivity index (χ1n) is 4.26. The Morgan fingerprint density at radius 1 is 1.40 bits per heavy atom. The van der Waals surface area contributed by atoms with E-state index in [1.165, 1.54) is 6.20 Å². The predicted molar refractivity (Wildman–Crippen MR) is 58.7 cm³/mol. The molecule has 0 saturated carbocycles. The first kappa shape index (κ1) is 10.2. The molecule has 2 rings (SSSR count). The normalized spacial score (nSPS) is 10.6. The number of rotatable bonds is 1. The van der Waals surface area contributed by atoms with Crippen LogP contribution in [0.2, 0.25) is 0 Å². The molecule has 0 fully saturated rings. The number of nitrogen functional groups attached to an aromatic ring is 1. The summed E-state index contributed by atoms with van der Waals surface area (Å²) in [6.07, 6.45) is 1.40. The number of hydrogen-bond acceptors (Lipinski definition) is 3. The Kier molecular flexibility index (Phi) is 2.48. The van der Waals surface area contributed by atoms with Crippen molar-refractivity contribution >= 4 is 21.8 Å². The van der Waals surface area contributed by atoms with Crippen LogP contribution in [0.4, 0.5) is 10.3 Å². The highest BCUT2D eigenvalue weighted by atomic mass is 79.9. The Hall–Kier alpha value is -1.36. The van der Waals surface area contributed by atoms with E-state index in [1.54, 1.807) is 19.1 Å². The second-order valence-corrected chi connectivity index (χ2v) is 3.99. The molecule has 3 nitrogen and oxygen atoms in total. The maximum absolute atomic E-state index is 13.9. The molecule has 0 aliphatic heterocycles. The standard InChI is InChI=1S/C10H8BrFN2O/c1-5-8(11)3-2-6(9(5)12)7-4-14-15-10(7)13/h2-4H,13H2,1H3. The second-order valence-electron chi connectivity index (χ2n) is 3.14. The highest BCUT2D eigenvalue weighted by Crippen LogP contribution is 2.32. The fourth-order valence-corrected chi connectivity index (χ4v) is 1.63. The molecule has 0 aliphatic carbocycles. The van der Waals surface area contributed by atoms with Crippen LogP contribution in [-0.2, 0) is 0 Å². The van der Waals surface area contributed by atoms with E-state index in [9.17, 15) is 4.39 Å². The summed E-state index contributed by atoms with van der Waals surface area (Å²) in [5.74, 6) is -0.199. The summed E-state index contributed by atoms with van der Waals surface area (Å²) in [6, 6.07) is 3.40. The predicted octanol–water partition coefficient (Wildman–Crippen LogP) is 3.13. The highest BCUT2D eigenvalue weighted by molar-refractivity contribution is 9.10. The largest absolute Gasteiger partial charge is 0.367 e. The molecule has 15 heavy (non-hydrogen) atoms. The quantitative estimate of drug-likeness (QED) is 0.866. The first-order chi connectivity index (χ1) is 7.11. The van der Waals surface area contributed by atoms with Crippen LogP contribution in [0.3, 0.4) is 0 Å². The first-order valence-corrected chi connectivity index (χ1v) is 5.05. The Morgan fingerprint density at radius 3 is 2.73 bits per heavy atom. The fraction of sp³-hybridized carbons (Fsp3) is 0.100. The van der Waals surface area contributed by atoms with E-state index < -0.39 is 0 Å². The molecule has 0 atom stereocenters. The van der Waals surface area contributed by atoms with Gasteiger partial charge in [-0.2, -0.15) is 0 Å². The Labute approximate surface area is 94.2 Å². The van der Waals surface area contributed by atoms with Gasteiger partial charge in [-0.3, -0.25) is 0 Å². The Bertz CT molecular complexity index is 510. The lowest BCUT2D eigenvalue weighted by atomic mass is 10.1. The van der Waals surface area contributed by atoms with Gasteiger partial charge in [0.15, 0.2) is 0 Å². The number of halogens is 2. The Balaban J connectivity index is 2.65. The summed E-state index contributed by atoms with van der Waals surface area (Å²) in [7, 11) is 0. The number of nitrogens with two attached hydrogens (primary N) is 1. The molecule has 0 saturated heterocycles. The Morgan fingerprint density at radius 2 is 2.13 bits per heavy atom. The molecule has 1 aromatic carbocycles. The van der Waals surface area contributed by atoms with Gasteiger partial charge in [0.25, 0.3) is 0 Å². The van der Waals surface area contributed by atoms with Gasteiger partial charge >= 0.3 is 0 Å². The van der Waals surface area contributed by atoms with Crippen LogP contribution in [0.15, 0.2) is 27.3 Å². The van der Waals surface area contributed by atoms with Crippen LogP contribution < -0.4 is 5.73 Å². The van der Waals surface area contributed by atoms with Gasteiger partial charge < -0.3 is 10.3 Å². The summed E-state index contributed by atoms with van der Waals surface area (Å²) >= 11 is 3.25. The molecule has 0 amide bonds. The number of benzene rings is 1. The van der Waals surface area contributed by atoms with Crippen molar-refractivity contribution in [2.24, 2.45) is 0 Å². The van der Waals surface area contributed by atoms with Gasteiger partial charge in [-0.05, 0) is 18.6 Å². The van der Waals surface area contributed by atoms with Gasteiger partial charge in [0.1, 0.15) is 5.82 Å². The SMILES string of the molecule is Cc1c(Br)ccc(-c2cnoc2N)c1F. The van der Waals surface area contributed by atoms with Crippen molar-refractivity contribution < 1.29 is 8.91 Å². The second kappa shape index (κ2) is 3.66. The fourth-order valence-electron chi connectivity index (χ4n) is 1.32. The van der Waals surface area contributed by atoms with Gasteiger partial charge in [0, 0.05) is 10.0 Å². The van der Waals surface area contributed by atoms with E-state index in [1.807, 2.05) is 0 Å². The van der Waals surface area contributed by atoms with Gasteiger partial charge in [0.05, 0.1) is 11.8 Å². The lowest BCUT2D eigenvalue weighted by molar-refractivity contribution is 0.436. The molecule has 1 heterocycles. The average Bonchev–Trinajstić information content (AvgIpc) is 2.62. The lowest BCUT2D eigenvalue weighted by Crippen LogP contribution is -1.91. The minimum Gasteiger partial charge on any atom is -0.367 e. The van der Waals surface area contributed by atoms with Crippen LogP contribution >= 0.6 is 15.9 Å². The number of aromatic nitrogens is 1. The monoisotopic (exact) mass is 270 g/mol. The summed E-state index contributed by atoms with van der Waals surface area (Å²) in [6.45, 7) is 1.69. The zero-order valence-electron chi connectivity index (χ0n) is 7.92. The molecule has 78 valence electrons. The highest BCUT2D eigenvalue weighted by Gasteiger charge is 2.14. The van der Waals surface area contributed by atoms with Crippen LogP contribution in [0.25, 0.3) is 11.1 Å².